The topological polar surface area (TPSA) is 84.2 Å². The average molecular weight is 343 g/mol. The van der Waals surface area contributed by atoms with Gasteiger partial charge in [0.15, 0.2) is 0 Å². The van der Waals surface area contributed by atoms with Crippen LogP contribution in [0.25, 0.3) is 0 Å². The summed E-state index contributed by atoms with van der Waals surface area (Å²) < 4.78 is 1.79. The number of carbonyl (C=O) groups excluding carboxylic acids is 1. The molecule has 6 heteroatoms. The molecule has 2 N–H and O–H groups in total. The number of aromatic nitrogens is 2. The minimum atomic E-state index is -0.962. The van der Waals surface area contributed by atoms with Gasteiger partial charge in [0.05, 0.1) is 29.8 Å². The van der Waals surface area contributed by atoms with Gasteiger partial charge in [-0.1, -0.05) is 24.3 Å². The molecule has 0 bridgehead atoms. The van der Waals surface area contributed by atoms with Crippen LogP contribution in [0.15, 0.2) is 30.5 Å². The van der Waals surface area contributed by atoms with Gasteiger partial charge in [-0.3, -0.25) is 14.3 Å². The van der Waals surface area contributed by atoms with E-state index in [1.54, 1.807) is 4.68 Å². The second-order valence-corrected chi connectivity index (χ2v) is 7.21. The summed E-state index contributed by atoms with van der Waals surface area (Å²) in [5.74, 6) is -1.28. The predicted molar refractivity (Wildman–Crippen MR) is 95.6 cm³/mol. The Morgan fingerprint density at radius 2 is 1.88 bits per heavy atom. The number of aryl methyl sites for hydroxylation is 1. The van der Waals surface area contributed by atoms with Crippen molar-refractivity contribution >= 4 is 11.9 Å². The number of carboxylic acid groups (broad SMARTS) is 1. The molecule has 1 aromatic heterocycles. The monoisotopic (exact) mass is 343 g/mol. The highest BCUT2D eigenvalue weighted by atomic mass is 16.4. The van der Waals surface area contributed by atoms with Crippen molar-refractivity contribution in [3.63, 3.8) is 0 Å². The van der Waals surface area contributed by atoms with Crippen molar-refractivity contribution in [2.24, 2.45) is 0 Å². The molecule has 1 aromatic carbocycles. The molecule has 0 aliphatic rings. The van der Waals surface area contributed by atoms with E-state index in [0.717, 1.165) is 16.8 Å². The van der Waals surface area contributed by atoms with Crippen molar-refractivity contribution < 1.29 is 14.7 Å². The first-order valence-electron chi connectivity index (χ1n) is 8.24. The molecule has 1 heterocycles. The Hall–Kier alpha value is -2.63. The smallest absolute Gasteiger partial charge is 0.305 e. The van der Waals surface area contributed by atoms with Crippen LogP contribution in [0.3, 0.4) is 0 Å². The maximum Gasteiger partial charge on any atom is 0.305 e. The molecule has 0 radical (unpaired) electrons. The third-order valence-electron chi connectivity index (χ3n) is 4.14. The second-order valence-electron chi connectivity index (χ2n) is 7.21. The number of rotatable bonds is 5. The van der Waals surface area contributed by atoms with Gasteiger partial charge in [0.1, 0.15) is 0 Å². The molecular formula is C19H25N3O3. The Bertz CT molecular complexity index is 787. The van der Waals surface area contributed by atoms with E-state index in [1.807, 2.05) is 58.9 Å². The number of nitrogens with zero attached hydrogens (tertiary/aromatic N) is 2. The van der Waals surface area contributed by atoms with Crippen LogP contribution >= 0.6 is 0 Å². The van der Waals surface area contributed by atoms with E-state index in [1.165, 1.54) is 6.20 Å². The van der Waals surface area contributed by atoms with Gasteiger partial charge in [-0.05, 0) is 45.7 Å². The van der Waals surface area contributed by atoms with Gasteiger partial charge in [0.25, 0.3) is 5.91 Å². The first kappa shape index (κ1) is 18.7. The molecular weight excluding hydrogens is 318 g/mol. The minimum absolute atomic E-state index is 0.178. The quantitative estimate of drug-likeness (QED) is 0.873. The Morgan fingerprint density at radius 3 is 2.40 bits per heavy atom. The van der Waals surface area contributed by atoms with Crippen LogP contribution in [0.2, 0.25) is 0 Å². The standard InChI is InChI=1S/C19H25N3O3/c1-12-8-6-7-9-14(12)16(10-17(23)24)21-18(25)15-11-20-22(13(15)2)19(3,4)5/h6-9,11,16H,10H2,1-5H3,(H,21,25)(H,23,24). The molecule has 0 fully saturated rings. The van der Waals surface area contributed by atoms with Crippen molar-refractivity contribution in [2.75, 3.05) is 0 Å². The zero-order valence-corrected chi connectivity index (χ0v) is 15.3. The number of carbonyl (C=O) groups is 2. The fourth-order valence-electron chi connectivity index (χ4n) is 2.94. The highest BCUT2D eigenvalue weighted by Crippen LogP contribution is 2.23. The molecule has 1 atom stereocenters. The van der Waals surface area contributed by atoms with Crippen molar-refractivity contribution in [3.05, 3.63) is 52.8 Å². The summed E-state index contributed by atoms with van der Waals surface area (Å²) in [7, 11) is 0. The van der Waals surface area contributed by atoms with E-state index in [4.69, 9.17) is 0 Å². The van der Waals surface area contributed by atoms with Crippen LogP contribution in [0.5, 0.6) is 0 Å². The summed E-state index contributed by atoms with van der Waals surface area (Å²) >= 11 is 0. The zero-order valence-electron chi connectivity index (χ0n) is 15.3. The van der Waals surface area contributed by atoms with E-state index >= 15 is 0 Å². The molecule has 6 nitrogen and oxygen atoms in total. The maximum absolute atomic E-state index is 12.7. The highest BCUT2D eigenvalue weighted by molar-refractivity contribution is 5.95. The maximum atomic E-state index is 12.7. The molecule has 0 aliphatic heterocycles. The molecule has 1 unspecified atom stereocenters. The molecule has 2 aromatic rings. The van der Waals surface area contributed by atoms with Gasteiger partial charge in [0.2, 0.25) is 0 Å². The van der Waals surface area contributed by atoms with Crippen molar-refractivity contribution in [2.45, 2.75) is 52.6 Å². The third-order valence-corrected chi connectivity index (χ3v) is 4.14. The molecule has 25 heavy (non-hydrogen) atoms. The number of carboxylic acids is 1. The van der Waals surface area contributed by atoms with E-state index in [0.29, 0.717) is 5.56 Å². The molecule has 0 spiro atoms. The number of hydrogen-bond donors (Lipinski definition) is 2. The fraction of sp³-hybridized carbons (Fsp3) is 0.421. The fourth-order valence-corrected chi connectivity index (χ4v) is 2.94. The van der Waals surface area contributed by atoms with Crippen LogP contribution in [0, 0.1) is 13.8 Å². The highest BCUT2D eigenvalue weighted by Gasteiger charge is 2.25. The van der Waals surface area contributed by atoms with Crippen LogP contribution in [0.1, 0.15) is 60.4 Å². The van der Waals surface area contributed by atoms with Gasteiger partial charge >= 0.3 is 5.97 Å². The normalized spacial score (nSPS) is 12.7. The Kier molecular flexibility index (Phi) is 5.30. The number of hydrogen-bond acceptors (Lipinski definition) is 3. The molecule has 0 saturated carbocycles. The van der Waals surface area contributed by atoms with Crippen LogP contribution in [-0.2, 0) is 10.3 Å². The first-order chi connectivity index (χ1) is 11.6. The van der Waals surface area contributed by atoms with E-state index < -0.39 is 12.0 Å². The molecule has 0 aliphatic carbocycles. The average Bonchev–Trinajstić information content (AvgIpc) is 2.88. The second kappa shape index (κ2) is 7.09. The van der Waals surface area contributed by atoms with Crippen molar-refractivity contribution in [3.8, 4) is 0 Å². The molecule has 2 rings (SSSR count). The number of benzene rings is 1. The molecule has 134 valence electrons. The van der Waals surface area contributed by atoms with Gasteiger partial charge in [-0.15, -0.1) is 0 Å². The lowest BCUT2D eigenvalue weighted by Crippen LogP contribution is -2.31. The summed E-state index contributed by atoms with van der Waals surface area (Å²) in [6.07, 6.45) is 1.36. The Labute approximate surface area is 147 Å². The van der Waals surface area contributed by atoms with E-state index in [9.17, 15) is 14.7 Å². The van der Waals surface area contributed by atoms with Crippen LogP contribution in [-0.4, -0.2) is 26.8 Å². The number of amides is 1. The summed E-state index contributed by atoms with van der Waals surface area (Å²) in [4.78, 5) is 24.0. The Morgan fingerprint density at radius 1 is 1.24 bits per heavy atom. The summed E-state index contributed by atoms with van der Waals surface area (Å²) in [6, 6.07) is 6.87. The SMILES string of the molecule is Cc1ccccc1C(CC(=O)O)NC(=O)c1cnn(C(C)(C)C)c1C. The zero-order chi connectivity index (χ0) is 18.8. The number of nitrogens with one attached hydrogen (secondary N) is 1. The predicted octanol–water partition coefficient (Wildman–Crippen LogP) is 3.20. The van der Waals surface area contributed by atoms with Gasteiger partial charge in [-0.25, -0.2) is 0 Å². The van der Waals surface area contributed by atoms with E-state index in [2.05, 4.69) is 10.4 Å². The van der Waals surface area contributed by atoms with Crippen LogP contribution in [0.4, 0.5) is 0 Å². The van der Waals surface area contributed by atoms with Crippen LogP contribution < -0.4 is 5.32 Å². The lowest BCUT2D eigenvalue weighted by Gasteiger charge is -2.22. The Balaban J connectivity index is 2.31. The lowest BCUT2D eigenvalue weighted by atomic mass is 9.98. The largest absolute Gasteiger partial charge is 0.481 e. The molecule has 1 amide bonds. The summed E-state index contributed by atoms with van der Waals surface area (Å²) in [6.45, 7) is 9.77. The van der Waals surface area contributed by atoms with Gasteiger partial charge in [0, 0.05) is 5.69 Å². The number of aliphatic carboxylic acids is 1. The van der Waals surface area contributed by atoms with E-state index in [-0.39, 0.29) is 17.9 Å². The van der Waals surface area contributed by atoms with Gasteiger partial charge in [-0.2, -0.15) is 5.10 Å². The van der Waals surface area contributed by atoms with Gasteiger partial charge < -0.3 is 10.4 Å². The molecule has 0 saturated heterocycles. The first-order valence-corrected chi connectivity index (χ1v) is 8.24. The van der Waals surface area contributed by atoms with Crippen molar-refractivity contribution in [1.82, 2.24) is 15.1 Å². The lowest BCUT2D eigenvalue weighted by molar-refractivity contribution is -0.137. The summed E-state index contributed by atoms with van der Waals surface area (Å²) in [5.41, 5.74) is 2.72. The minimum Gasteiger partial charge on any atom is -0.481 e. The van der Waals surface area contributed by atoms with Crippen molar-refractivity contribution in [1.29, 1.82) is 0 Å². The summed E-state index contributed by atoms with van der Waals surface area (Å²) in [5, 5.41) is 16.4. The third kappa shape index (κ3) is 4.26.